The lowest BCUT2D eigenvalue weighted by atomic mass is 10.0. The third-order valence-electron chi connectivity index (χ3n) is 6.78. The summed E-state index contributed by atoms with van der Waals surface area (Å²) >= 11 is 5.99. The number of nitrogens with zero attached hydrogens (tertiary/aromatic N) is 2. The van der Waals surface area contributed by atoms with Gasteiger partial charge in [-0.25, -0.2) is 9.69 Å². The number of imide groups is 1. The number of carbonyl (C=O) groups excluding carboxylic acids is 4. The van der Waals surface area contributed by atoms with Gasteiger partial charge in [-0.05, 0) is 54.8 Å². The van der Waals surface area contributed by atoms with Crippen molar-refractivity contribution in [3.05, 3.63) is 64.7 Å². The Labute approximate surface area is 210 Å². The van der Waals surface area contributed by atoms with E-state index in [2.05, 4.69) is 0 Å². The van der Waals surface area contributed by atoms with E-state index in [4.69, 9.17) is 16.3 Å². The van der Waals surface area contributed by atoms with Crippen LogP contribution in [0.15, 0.2) is 48.5 Å². The molecule has 3 amide bonds. The smallest absolute Gasteiger partial charge is 0.337 e. The van der Waals surface area contributed by atoms with Crippen molar-refractivity contribution in [2.45, 2.75) is 63.5 Å². The number of ether oxygens (including phenoxy) is 1. The van der Waals surface area contributed by atoms with E-state index >= 15 is 0 Å². The lowest BCUT2D eigenvalue weighted by Crippen LogP contribution is -2.51. The van der Waals surface area contributed by atoms with Crippen LogP contribution in [0.25, 0.3) is 0 Å². The van der Waals surface area contributed by atoms with Gasteiger partial charge in [0.25, 0.3) is 5.91 Å². The summed E-state index contributed by atoms with van der Waals surface area (Å²) < 4.78 is 4.71. The van der Waals surface area contributed by atoms with Gasteiger partial charge in [0.15, 0.2) is 0 Å². The van der Waals surface area contributed by atoms with E-state index in [0.29, 0.717) is 16.3 Å². The van der Waals surface area contributed by atoms with Crippen molar-refractivity contribution < 1.29 is 23.9 Å². The fourth-order valence-corrected chi connectivity index (χ4v) is 5.13. The molecule has 0 aromatic heterocycles. The van der Waals surface area contributed by atoms with Crippen molar-refractivity contribution in [3.8, 4) is 0 Å². The molecule has 1 atom stereocenters. The molecule has 1 saturated heterocycles. The monoisotopic (exact) mass is 496 g/mol. The number of anilines is 1. The molecule has 184 valence electrons. The van der Waals surface area contributed by atoms with Crippen molar-refractivity contribution in [1.82, 2.24) is 4.90 Å². The molecule has 8 heteroatoms. The molecule has 0 bridgehead atoms. The predicted molar refractivity (Wildman–Crippen MR) is 132 cm³/mol. The average molecular weight is 497 g/mol. The lowest BCUT2D eigenvalue weighted by Gasteiger charge is -2.35. The quantitative estimate of drug-likeness (QED) is 0.333. The van der Waals surface area contributed by atoms with Gasteiger partial charge < -0.3 is 9.64 Å². The van der Waals surface area contributed by atoms with Crippen LogP contribution in [0.5, 0.6) is 0 Å². The molecule has 35 heavy (non-hydrogen) atoms. The molecule has 1 aliphatic heterocycles. The first-order chi connectivity index (χ1) is 16.9. The zero-order valence-corrected chi connectivity index (χ0v) is 20.5. The molecule has 0 spiro atoms. The SMILES string of the molecule is COC(=O)c1ccc(N2C(=O)CC(N(C(=O)Cc3ccc(Cl)cc3)C3CCCCCC3)C2=O)cc1. The molecular weight excluding hydrogens is 468 g/mol. The van der Waals surface area contributed by atoms with Crippen LogP contribution in [0.1, 0.15) is 60.9 Å². The molecule has 2 aliphatic rings. The summed E-state index contributed by atoms with van der Waals surface area (Å²) in [7, 11) is 1.29. The topological polar surface area (TPSA) is 84.0 Å². The highest BCUT2D eigenvalue weighted by Crippen LogP contribution is 2.31. The van der Waals surface area contributed by atoms with Crippen LogP contribution in [0.2, 0.25) is 5.02 Å². The summed E-state index contributed by atoms with van der Waals surface area (Å²) in [6.07, 6.45) is 5.90. The molecule has 1 saturated carbocycles. The molecule has 1 aliphatic carbocycles. The van der Waals surface area contributed by atoms with Gasteiger partial charge in [-0.1, -0.05) is 49.4 Å². The maximum atomic E-state index is 13.6. The van der Waals surface area contributed by atoms with E-state index in [1.807, 2.05) is 12.1 Å². The van der Waals surface area contributed by atoms with Crippen molar-refractivity contribution in [2.75, 3.05) is 12.0 Å². The number of hydrogen-bond acceptors (Lipinski definition) is 5. The van der Waals surface area contributed by atoms with E-state index in [9.17, 15) is 19.2 Å². The number of carbonyl (C=O) groups is 4. The first-order valence-corrected chi connectivity index (χ1v) is 12.4. The fourth-order valence-electron chi connectivity index (χ4n) is 5.01. The molecule has 2 fully saturated rings. The summed E-state index contributed by atoms with van der Waals surface area (Å²) in [5.41, 5.74) is 1.51. The summed E-state index contributed by atoms with van der Waals surface area (Å²) in [6.45, 7) is 0. The van der Waals surface area contributed by atoms with Gasteiger partial charge in [-0.2, -0.15) is 0 Å². The number of hydrogen-bond donors (Lipinski definition) is 0. The van der Waals surface area contributed by atoms with Gasteiger partial charge in [-0.3, -0.25) is 14.4 Å². The van der Waals surface area contributed by atoms with Crippen LogP contribution in [-0.2, 0) is 25.5 Å². The third-order valence-corrected chi connectivity index (χ3v) is 7.03. The number of methoxy groups -OCH3 is 1. The predicted octanol–water partition coefficient (Wildman–Crippen LogP) is 4.55. The summed E-state index contributed by atoms with van der Waals surface area (Å²) in [4.78, 5) is 54.7. The maximum Gasteiger partial charge on any atom is 0.337 e. The van der Waals surface area contributed by atoms with E-state index in [1.165, 1.54) is 19.2 Å². The van der Waals surface area contributed by atoms with Gasteiger partial charge in [-0.15, -0.1) is 0 Å². The standard InChI is InChI=1S/C27H29ClN2O5/c1-35-27(34)19-10-14-22(15-11-19)30-25(32)17-23(26(30)33)29(21-6-4-2-3-5-7-21)24(31)16-18-8-12-20(28)13-9-18/h8-15,21,23H,2-7,16-17H2,1H3. The Kier molecular flexibility index (Phi) is 7.86. The molecular formula is C27H29ClN2O5. The van der Waals surface area contributed by atoms with Crippen LogP contribution in [0.4, 0.5) is 5.69 Å². The highest BCUT2D eigenvalue weighted by atomic mass is 35.5. The van der Waals surface area contributed by atoms with Crippen LogP contribution in [-0.4, -0.2) is 47.8 Å². The van der Waals surface area contributed by atoms with Gasteiger partial charge in [0.05, 0.1) is 31.2 Å². The molecule has 0 N–H and O–H groups in total. The van der Waals surface area contributed by atoms with E-state index in [1.54, 1.807) is 29.2 Å². The molecule has 4 rings (SSSR count). The van der Waals surface area contributed by atoms with Crippen LogP contribution >= 0.6 is 11.6 Å². The number of amides is 3. The molecule has 2 aromatic carbocycles. The molecule has 1 heterocycles. The number of halogens is 1. The average Bonchev–Trinajstić information content (AvgIpc) is 3.01. The van der Waals surface area contributed by atoms with Crippen molar-refractivity contribution in [2.24, 2.45) is 0 Å². The second kappa shape index (κ2) is 11.0. The Morgan fingerprint density at radius 3 is 2.20 bits per heavy atom. The number of esters is 1. The van der Waals surface area contributed by atoms with E-state index < -0.39 is 17.9 Å². The second-order valence-corrected chi connectivity index (χ2v) is 9.51. The fraction of sp³-hybridized carbons (Fsp3) is 0.407. The Balaban J connectivity index is 1.60. The summed E-state index contributed by atoms with van der Waals surface area (Å²) in [5, 5.41) is 0.590. The van der Waals surface area contributed by atoms with E-state index in [-0.39, 0.29) is 30.7 Å². The Hall–Kier alpha value is -3.19. The van der Waals surface area contributed by atoms with Crippen LogP contribution in [0, 0.1) is 0 Å². The Morgan fingerprint density at radius 2 is 1.60 bits per heavy atom. The van der Waals surface area contributed by atoms with E-state index in [0.717, 1.165) is 49.0 Å². The zero-order chi connectivity index (χ0) is 24.9. The van der Waals surface area contributed by atoms with Crippen molar-refractivity contribution in [3.63, 3.8) is 0 Å². The lowest BCUT2D eigenvalue weighted by molar-refractivity contribution is -0.140. The maximum absolute atomic E-state index is 13.6. The number of benzene rings is 2. The highest BCUT2D eigenvalue weighted by Gasteiger charge is 2.46. The first kappa shape index (κ1) is 24.9. The minimum atomic E-state index is -0.842. The van der Waals surface area contributed by atoms with Gasteiger partial charge in [0, 0.05) is 11.1 Å². The Morgan fingerprint density at radius 1 is 0.971 bits per heavy atom. The van der Waals surface area contributed by atoms with Crippen LogP contribution < -0.4 is 4.90 Å². The summed E-state index contributed by atoms with van der Waals surface area (Å²) in [6, 6.07) is 12.3. The zero-order valence-electron chi connectivity index (χ0n) is 19.7. The van der Waals surface area contributed by atoms with Gasteiger partial charge >= 0.3 is 5.97 Å². The minimum Gasteiger partial charge on any atom is -0.465 e. The first-order valence-electron chi connectivity index (χ1n) is 12.0. The van der Waals surface area contributed by atoms with Crippen molar-refractivity contribution >= 4 is 41.0 Å². The normalized spacial score (nSPS) is 18.9. The molecule has 2 aromatic rings. The van der Waals surface area contributed by atoms with Crippen LogP contribution in [0.3, 0.4) is 0 Å². The second-order valence-electron chi connectivity index (χ2n) is 9.08. The van der Waals surface area contributed by atoms with Gasteiger partial charge in [0.2, 0.25) is 11.8 Å². The summed E-state index contributed by atoms with van der Waals surface area (Å²) in [5.74, 6) is -1.42. The minimum absolute atomic E-state index is 0.0551. The molecule has 7 nitrogen and oxygen atoms in total. The van der Waals surface area contributed by atoms with Crippen molar-refractivity contribution in [1.29, 1.82) is 0 Å². The largest absolute Gasteiger partial charge is 0.465 e. The Bertz CT molecular complexity index is 1090. The highest BCUT2D eigenvalue weighted by molar-refractivity contribution is 6.30. The van der Waals surface area contributed by atoms with Gasteiger partial charge in [0.1, 0.15) is 6.04 Å². The molecule has 1 unspecified atom stereocenters. The third kappa shape index (κ3) is 5.56. The number of rotatable bonds is 6. The molecule has 0 radical (unpaired) electrons.